The molecular weight excluding hydrogens is 396 g/mol. The maximum Gasteiger partial charge on any atom is 0.387 e. The minimum absolute atomic E-state index is 0.00149. The van der Waals surface area contributed by atoms with Crippen molar-refractivity contribution in [3.05, 3.63) is 58.2 Å². The molecule has 3 aromatic rings. The lowest BCUT2D eigenvalue weighted by Gasteiger charge is -2.09. The lowest BCUT2D eigenvalue weighted by molar-refractivity contribution is -0.136. The number of aromatic nitrogens is 1. The van der Waals surface area contributed by atoms with Crippen LogP contribution in [0.5, 0.6) is 11.5 Å². The van der Waals surface area contributed by atoms with Gasteiger partial charge in [-0.15, -0.1) is 0 Å². The summed E-state index contributed by atoms with van der Waals surface area (Å²) < 4.78 is 30.1. The number of carbonyl (C=O) groups excluding carboxylic acids is 1. The number of benzene rings is 2. The Morgan fingerprint density at radius 2 is 1.86 bits per heavy atom. The number of aromatic hydroxyl groups is 1. The lowest BCUT2D eigenvalue weighted by atomic mass is 10.1. The van der Waals surface area contributed by atoms with Crippen LogP contribution in [0.3, 0.4) is 0 Å². The number of hydrogen-bond donors (Lipinski definition) is 2. The summed E-state index contributed by atoms with van der Waals surface area (Å²) in [4.78, 5) is 24.3. The van der Waals surface area contributed by atoms with Crippen LogP contribution in [0.4, 0.5) is 8.78 Å². The first-order valence-corrected chi connectivity index (χ1v) is 8.40. The summed E-state index contributed by atoms with van der Waals surface area (Å²) in [5.41, 5.74) is 1.24. The average Bonchev–Trinajstić information content (AvgIpc) is 2.86. The van der Waals surface area contributed by atoms with Crippen molar-refractivity contribution in [1.29, 1.82) is 0 Å². The van der Waals surface area contributed by atoms with Gasteiger partial charge in [-0.2, -0.15) is 8.78 Å². The minimum Gasteiger partial charge on any atom is -0.506 e. The maximum atomic E-state index is 13.0. The van der Waals surface area contributed by atoms with Crippen molar-refractivity contribution in [2.45, 2.75) is 20.0 Å². The Kier molecular flexibility index (Phi) is 5.24. The van der Waals surface area contributed by atoms with Crippen LogP contribution in [0, 0.1) is 6.92 Å². The number of phenols is 1. The number of ether oxygens (including phenoxy) is 1. The summed E-state index contributed by atoms with van der Waals surface area (Å²) >= 11 is 5.97. The zero-order valence-corrected chi connectivity index (χ0v) is 15.2. The molecule has 1 heterocycles. The van der Waals surface area contributed by atoms with E-state index in [1.54, 1.807) is 6.92 Å². The van der Waals surface area contributed by atoms with Gasteiger partial charge in [-0.25, -0.2) is 0 Å². The van der Waals surface area contributed by atoms with Crippen LogP contribution in [0.2, 0.25) is 5.02 Å². The van der Waals surface area contributed by atoms with Crippen molar-refractivity contribution < 1.29 is 33.3 Å². The Hall–Kier alpha value is -3.13. The molecule has 1 aromatic heterocycles. The van der Waals surface area contributed by atoms with Crippen LogP contribution in [-0.2, 0) is 11.2 Å². The minimum atomic E-state index is -2.98. The normalized spacial score (nSPS) is 11.2. The number of hydrogen-bond acceptors (Lipinski definition) is 4. The van der Waals surface area contributed by atoms with Crippen LogP contribution in [0.15, 0.2) is 36.4 Å². The highest BCUT2D eigenvalue weighted by atomic mass is 35.5. The molecule has 0 amide bonds. The predicted molar refractivity (Wildman–Crippen MR) is 97.5 cm³/mol. The summed E-state index contributed by atoms with van der Waals surface area (Å²) in [6, 6.07) is 7.80. The van der Waals surface area contributed by atoms with E-state index in [9.17, 15) is 28.6 Å². The van der Waals surface area contributed by atoms with Gasteiger partial charge < -0.3 is 14.9 Å². The van der Waals surface area contributed by atoms with Crippen molar-refractivity contribution in [2.75, 3.05) is 0 Å². The van der Waals surface area contributed by atoms with E-state index in [2.05, 4.69) is 4.74 Å². The highest BCUT2D eigenvalue weighted by Gasteiger charge is 2.22. The van der Waals surface area contributed by atoms with Crippen molar-refractivity contribution in [1.82, 2.24) is 4.57 Å². The fourth-order valence-corrected chi connectivity index (χ4v) is 3.19. The van der Waals surface area contributed by atoms with E-state index in [-0.39, 0.29) is 28.5 Å². The van der Waals surface area contributed by atoms with Gasteiger partial charge in [0.25, 0.3) is 5.91 Å². The third-order valence-corrected chi connectivity index (χ3v) is 4.56. The van der Waals surface area contributed by atoms with E-state index in [0.717, 1.165) is 0 Å². The van der Waals surface area contributed by atoms with Crippen LogP contribution >= 0.6 is 11.6 Å². The summed E-state index contributed by atoms with van der Waals surface area (Å²) in [5.74, 6) is -1.94. The molecule has 0 fully saturated rings. The maximum absolute atomic E-state index is 13.0. The molecule has 0 radical (unpaired) electrons. The molecule has 0 saturated heterocycles. The first-order valence-electron chi connectivity index (χ1n) is 8.02. The average molecular weight is 410 g/mol. The molecule has 0 bridgehead atoms. The number of carbonyl (C=O) groups is 2. The monoisotopic (exact) mass is 409 g/mol. The number of alkyl halides is 2. The predicted octanol–water partition coefficient (Wildman–Crippen LogP) is 4.23. The van der Waals surface area contributed by atoms with Gasteiger partial charge in [-0.05, 0) is 48.9 Å². The molecule has 0 aliphatic rings. The molecule has 0 saturated carbocycles. The van der Waals surface area contributed by atoms with Gasteiger partial charge in [0.1, 0.15) is 11.5 Å². The van der Waals surface area contributed by atoms with Gasteiger partial charge in [-0.1, -0.05) is 11.6 Å². The molecule has 28 heavy (non-hydrogen) atoms. The topological polar surface area (TPSA) is 88.8 Å². The van der Waals surface area contributed by atoms with Gasteiger partial charge in [0, 0.05) is 16.6 Å². The van der Waals surface area contributed by atoms with Crippen molar-refractivity contribution in [3.63, 3.8) is 0 Å². The number of carboxylic acid groups (broad SMARTS) is 1. The molecule has 0 atom stereocenters. The standard InChI is InChI=1S/C19H14ClF2NO5/c1-9-12(7-17(25)26)13-6-16(24)14(20)8-15(13)23(9)18(27)10-2-4-11(5-3-10)28-19(21)22/h2-6,8,19,24H,7H2,1H3,(H,25,26). The van der Waals surface area contributed by atoms with Crippen LogP contribution in [0.25, 0.3) is 10.9 Å². The second-order valence-electron chi connectivity index (χ2n) is 6.00. The molecule has 9 heteroatoms. The summed E-state index contributed by atoms with van der Waals surface area (Å²) in [7, 11) is 0. The number of rotatable bonds is 5. The van der Waals surface area contributed by atoms with E-state index >= 15 is 0 Å². The van der Waals surface area contributed by atoms with E-state index in [1.807, 2.05) is 0 Å². The van der Waals surface area contributed by atoms with Gasteiger partial charge in [0.05, 0.1) is 17.0 Å². The van der Waals surface area contributed by atoms with Crippen molar-refractivity contribution >= 4 is 34.4 Å². The molecule has 0 unspecified atom stereocenters. The van der Waals surface area contributed by atoms with E-state index in [4.69, 9.17) is 11.6 Å². The molecule has 0 aliphatic carbocycles. The Bertz CT molecular complexity index is 1080. The zero-order chi connectivity index (χ0) is 20.6. The van der Waals surface area contributed by atoms with Gasteiger partial charge in [0.2, 0.25) is 0 Å². The molecule has 2 N–H and O–H groups in total. The first kappa shape index (κ1) is 19.6. The molecule has 0 spiro atoms. The second-order valence-corrected chi connectivity index (χ2v) is 6.41. The molecule has 146 valence electrons. The van der Waals surface area contributed by atoms with Crippen molar-refractivity contribution in [2.24, 2.45) is 0 Å². The fourth-order valence-electron chi connectivity index (χ4n) is 3.03. The van der Waals surface area contributed by atoms with Crippen molar-refractivity contribution in [3.8, 4) is 11.5 Å². The SMILES string of the molecule is Cc1c(CC(=O)O)c2cc(O)c(Cl)cc2n1C(=O)c1ccc(OC(F)F)cc1. The van der Waals surface area contributed by atoms with Crippen LogP contribution in [0.1, 0.15) is 21.6 Å². The summed E-state index contributed by atoms with van der Waals surface area (Å²) in [6.45, 7) is -1.40. The Morgan fingerprint density at radius 1 is 1.21 bits per heavy atom. The second kappa shape index (κ2) is 7.47. The number of nitrogens with zero attached hydrogens (tertiary/aromatic N) is 1. The number of fused-ring (bicyclic) bond motifs is 1. The molecule has 2 aromatic carbocycles. The third-order valence-electron chi connectivity index (χ3n) is 4.26. The number of aliphatic carboxylic acids is 1. The van der Waals surface area contributed by atoms with E-state index in [1.165, 1.54) is 41.0 Å². The number of halogens is 3. The zero-order valence-electron chi connectivity index (χ0n) is 14.4. The van der Waals surface area contributed by atoms with Crippen LogP contribution < -0.4 is 4.74 Å². The molecule has 3 rings (SSSR count). The largest absolute Gasteiger partial charge is 0.506 e. The Morgan fingerprint density at radius 3 is 2.43 bits per heavy atom. The van der Waals surface area contributed by atoms with E-state index < -0.39 is 18.5 Å². The number of phenolic OH excluding ortho intramolecular Hbond substituents is 1. The highest BCUT2D eigenvalue weighted by molar-refractivity contribution is 6.33. The molecule has 6 nitrogen and oxygen atoms in total. The molecular formula is C19H14ClF2NO5. The lowest BCUT2D eigenvalue weighted by Crippen LogP contribution is -2.14. The quantitative estimate of drug-likeness (QED) is 0.658. The fraction of sp³-hybridized carbons (Fsp3) is 0.158. The summed E-state index contributed by atoms with van der Waals surface area (Å²) in [6.07, 6.45) is -0.356. The summed E-state index contributed by atoms with van der Waals surface area (Å²) in [5, 5.41) is 19.5. The Labute approximate surface area is 162 Å². The van der Waals surface area contributed by atoms with Gasteiger partial charge in [0.15, 0.2) is 0 Å². The van der Waals surface area contributed by atoms with E-state index in [0.29, 0.717) is 22.2 Å². The highest BCUT2D eigenvalue weighted by Crippen LogP contribution is 2.35. The smallest absolute Gasteiger partial charge is 0.387 e. The third kappa shape index (κ3) is 3.63. The van der Waals surface area contributed by atoms with Crippen LogP contribution in [-0.4, -0.2) is 33.3 Å². The van der Waals surface area contributed by atoms with Gasteiger partial charge in [-0.3, -0.25) is 14.2 Å². The first-order chi connectivity index (χ1) is 13.2. The molecule has 0 aliphatic heterocycles. The van der Waals surface area contributed by atoms with Gasteiger partial charge >= 0.3 is 12.6 Å². The number of carboxylic acids is 1. The Balaban J connectivity index is 2.13.